The molecule has 0 amide bonds. The topological polar surface area (TPSA) is 52.0 Å². The summed E-state index contributed by atoms with van der Waals surface area (Å²) in [4.78, 5) is 0. The second-order valence-electron chi connectivity index (χ2n) is 5.14. The fourth-order valence-electron chi connectivity index (χ4n) is 2.70. The second-order valence-corrected chi connectivity index (χ2v) is 5.14. The lowest BCUT2D eigenvalue weighted by Crippen LogP contribution is -2.62. The first kappa shape index (κ1) is 12.0. The Bertz CT molecular complexity index is 181. The van der Waals surface area contributed by atoms with Crippen LogP contribution in [0.3, 0.4) is 0 Å². The van der Waals surface area contributed by atoms with Crippen molar-refractivity contribution in [2.75, 3.05) is 0 Å². The smallest absolute Gasteiger partial charge is 0.0336 e. The van der Waals surface area contributed by atoms with E-state index in [1.54, 1.807) is 0 Å². The Hall–Kier alpha value is -0.0800. The van der Waals surface area contributed by atoms with Crippen molar-refractivity contribution in [1.29, 1.82) is 0 Å². The van der Waals surface area contributed by atoms with E-state index in [4.69, 9.17) is 11.5 Å². The van der Waals surface area contributed by atoms with E-state index >= 15 is 0 Å². The normalized spacial score (nSPS) is 37.9. The molecule has 0 spiro atoms. The van der Waals surface area contributed by atoms with Gasteiger partial charge in [-0.05, 0) is 24.7 Å². The number of nitrogens with two attached hydrogens (primary N) is 2. The van der Waals surface area contributed by atoms with Gasteiger partial charge in [0.1, 0.15) is 0 Å². The van der Waals surface area contributed by atoms with Crippen LogP contribution >= 0.6 is 0 Å². The fourth-order valence-corrected chi connectivity index (χ4v) is 2.70. The summed E-state index contributed by atoms with van der Waals surface area (Å²) in [5.74, 6) is 1.23. The van der Waals surface area contributed by atoms with Gasteiger partial charge in [-0.1, -0.05) is 40.0 Å². The van der Waals surface area contributed by atoms with Gasteiger partial charge in [0.15, 0.2) is 0 Å². The van der Waals surface area contributed by atoms with Crippen LogP contribution in [0.2, 0.25) is 0 Å². The third-order valence-corrected chi connectivity index (χ3v) is 4.41. The average Bonchev–Trinajstić information content (AvgIpc) is 2.20. The molecule has 4 atom stereocenters. The first-order chi connectivity index (χ1) is 6.52. The molecule has 0 aliphatic heterocycles. The highest BCUT2D eigenvalue weighted by Gasteiger charge is 2.41. The lowest BCUT2D eigenvalue weighted by atomic mass is 9.67. The minimum absolute atomic E-state index is 0.103. The monoisotopic (exact) mass is 198 g/mol. The van der Waals surface area contributed by atoms with E-state index in [1.807, 2.05) is 0 Å². The number of rotatable bonds is 3. The van der Waals surface area contributed by atoms with Crippen molar-refractivity contribution >= 4 is 0 Å². The van der Waals surface area contributed by atoms with Gasteiger partial charge in [0.25, 0.3) is 0 Å². The summed E-state index contributed by atoms with van der Waals surface area (Å²) < 4.78 is 0. The van der Waals surface area contributed by atoms with Crippen molar-refractivity contribution in [1.82, 2.24) is 0 Å². The van der Waals surface area contributed by atoms with E-state index in [0.717, 1.165) is 12.8 Å². The summed E-state index contributed by atoms with van der Waals surface area (Å²) in [7, 11) is 0. The molecular formula is C12H26N2. The number of hydrogen-bond donors (Lipinski definition) is 2. The molecule has 0 radical (unpaired) electrons. The largest absolute Gasteiger partial charge is 0.326 e. The summed E-state index contributed by atoms with van der Waals surface area (Å²) in [6.07, 6.45) is 5.93. The maximum atomic E-state index is 6.50. The van der Waals surface area contributed by atoms with Gasteiger partial charge in [0.2, 0.25) is 0 Å². The molecular weight excluding hydrogens is 172 g/mol. The Morgan fingerprint density at radius 3 is 2.50 bits per heavy atom. The Morgan fingerprint density at radius 1 is 1.36 bits per heavy atom. The van der Waals surface area contributed by atoms with Gasteiger partial charge in [-0.2, -0.15) is 0 Å². The molecule has 0 saturated heterocycles. The van der Waals surface area contributed by atoms with E-state index in [2.05, 4.69) is 20.8 Å². The molecule has 84 valence electrons. The first-order valence-electron chi connectivity index (χ1n) is 6.06. The van der Waals surface area contributed by atoms with Gasteiger partial charge < -0.3 is 11.5 Å². The standard InChI is InChI=1S/C12H26N2/c1-4-9(2)10(3)12(14)8-6-5-7-11(12)13/h9-11H,4-8,13-14H2,1-3H3. The van der Waals surface area contributed by atoms with Crippen LogP contribution in [-0.4, -0.2) is 11.6 Å². The van der Waals surface area contributed by atoms with Crippen LogP contribution in [0.25, 0.3) is 0 Å². The SMILES string of the molecule is CCC(C)C(C)C1(N)CCCCC1N. The molecule has 4 N–H and O–H groups in total. The van der Waals surface area contributed by atoms with Crippen LogP contribution in [0.1, 0.15) is 52.9 Å². The Balaban J connectivity index is 2.70. The highest BCUT2D eigenvalue weighted by atomic mass is 14.9. The molecule has 1 aliphatic carbocycles. The summed E-state index contributed by atoms with van der Waals surface area (Å²) >= 11 is 0. The molecule has 14 heavy (non-hydrogen) atoms. The van der Waals surface area contributed by atoms with Crippen LogP contribution in [0.15, 0.2) is 0 Å². The van der Waals surface area contributed by atoms with E-state index in [-0.39, 0.29) is 11.6 Å². The van der Waals surface area contributed by atoms with Crippen LogP contribution in [0.4, 0.5) is 0 Å². The third kappa shape index (κ3) is 2.12. The summed E-state index contributed by atoms with van der Waals surface area (Å²) in [5.41, 5.74) is 12.6. The molecule has 0 bridgehead atoms. The van der Waals surface area contributed by atoms with Crippen molar-refractivity contribution in [2.24, 2.45) is 23.3 Å². The molecule has 1 saturated carbocycles. The number of hydrogen-bond acceptors (Lipinski definition) is 2. The average molecular weight is 198 g/mol. The van der Waals surface area contributed by atoms with Crippen molar-refractivity contribution < 1.29 is 0 Å². The maximum Gasteiger partial charge on any atom is 0.0336 e. The van der Waals surface area contributed by atoms with Crippen LogP contribution in [0.5, 0.6) is 0 Å². The van der Waals surface area contributed by atoms with Crippen molar-refractivity contribution in [3.8, 4) is 0 Å². The van der Waals surface area contributed by atoms with Gasteiger partial charge in [-0.15, -0.1) is 0 Å². The zero-order valence-electron chi connectivity index (χ0n) is 9.92. The quantitative estimate of drug-likeness (QED) is 0.731. The first-order valence-corrected chi connectivity index (χ1v) is 6.06. The third-order valence-electron chi connectivity index (χ3n) is 4.41. The molecule has 1 aliphatic rings. The Kier molecular flexibility index (Phi) is 3.96. The maximum absolute atomic E-state index is 6.50. The van der Waals surface area contributed by atoms with Crippen LogP contribution < -0.4 is 11.5 Å². The summed E-state index contributed by atoms with van der Waals surface area (Å²) in [5, 5.41) is 0. The van der Waals surface area contributed by atoms with Gasteiger partial charge in [-0.3, -0.25) is 0 Å². The van der Waals surface area contributed by atoms with Crippen molar-refractivity contribution in [3.63, 3.8) is 0 Å². The van der Waals surface area contributed by atoms with Gasteiger partial charge in [0, 0.05) is 11.6 Å². The molecule has 2 nitrogen and oxygen atoms in total. The molecule has 0 aromatic rings. The van der Waals surface area contributed by atoms with E-state index in [1.165, 1.54) is 19.3 Å². The Labute approximate surface area is 88.4 Å². The van der Waals surface area contributed by atoms with E-state index < -0.39 is 0 Å². The molecule has 1 fully saturated rings. The second kappa shape index (κ2) is 4.63. The molecule has 0 heterocycles. The predicted molar refractivity (Wildman–Crippen MR) is 62.0 cm³/mol. The highest BCUT2D eigenvalue weighted by molar-refractivity contribution is 5.01. The highest BCUT2D eigenvalue weighted by Crippen LogP contribution is 2.35. The van der Waals surface area contributed by atoms with Gasteiger partial charge in [-0.25, -0.2) is 0 Å². The zero-order valence-corrected chi connectivity index (χ0v) is 9.92. The molecule has 4 unspecified atom stereocenters. The summed E-state index contributed by atoms with van der Waals surface area (Å²) in [6.45, 7) is 6.80. The molecule has 1 rings (SSSR count). The van der Waals surface area contributed by atoms with Crippen LogP contribution in [0, 0.1) is 11.8 Å². The minimum atomic E-state index is -0.103. The van der Waals surface area contributed by atoms with Crippen molar-refractivity contribution in [2.45, 2.75) is 64.5 Å². The van der Waals surface area contributed by atoms with Crippen molar-refractivity contribution in [3.05, 3.63) is 0 Å². The summed E-state index contributed by atoms with van der Waals surface area (Å²) in [6, 6.07) is 0.209. The molecule has 0 aromatic heterocycles. The fraction of sp³-hybridized carbons (Fsp3) is 1.00. The van der Waals surface area contributed by atoms with E-state index in [9.17, 15) is 0 Å². The molecule has 0 aromatic carbocycles. The van der Waals surface area contributed by atoms with E-state index in [0.29, 0.717) is 11.8 Å². The minimum Gasteiger partial charge on any atom is -0.326 e. The van der Waals surface area contributed by atoms with Gasteiger partial charge >= 0.3 is 0 Å². The zero-order chi connectivity index (χ0) is 10.8. The molecule has 2 heteroatoms. The van der Waals surface area contributed by atoms with Gasteiger partial charge in [0.05, 0.1) is 0 Å². The lowest BCUT2D eigenvalue weighted by Gasteiger charge is -2.46. The predicted octanol–water partition coefficient (Wildman–Crippen LogP) is 2.27. The van der Waals surface area contributed by atoms with Crippen LogP contribution in [-0.2, 0) is 0 Å². The lowest BCUT2D eigenvalue weighted by molar-refractivity contribution is 0.133. The Morgan fingerprint density at radius 2 is 2.00 bits per heavy atom.